The summed E-state index contributed by atoms with van der Waals surface area (Å²) in [5.41, 5.74) is 0.500. The molecule has 2 aliphatic rings. The first-order valence-electron chi connectivity index (χ1n) is 7.58. The molecule has 0 N–H and O–H groups in total. The Hall–Kier alpha value is -0.500. The maximum Gasteiger partial charge on any atom is 0.0908 e. The average Bonchev–Trinajstić information content (AvgIpc) is 2.94. The van der Waals surface area contributed by atoms with Gasteiger partial charge in [0.2, 0.25) is 0 Å². The van der Waals surface area contributed by atoms with Crippen LogP contribution in [0, 0.1) is 11.3 Å². The van der Waals surface area contributed by atoms with Crippen LogP contribution in [0.15, 0.2) is 12.3 Å². The van der Waals surface area contributed by atoms with Crippen LogP contribution in [-0.2, 0) is 9.47 Å². The first kappa shape index (κ1) is 20.8. The molecule has 0 amide bonds. The molecule has 1 saturated heterocycles. The van der Waals surface area contributed by atoms with E-state index in [0.717, 1.165) is 32.2 Å². The molecular formula is C17H36O2. The monoisotopic (exact) mass is 272 g/mol. The molecule has 19 heavy (non-hydrogen) atoms. The summed E-state index contributed by atoms with van der Waals surface area (Å²) in [6.45, 7) is 18.1. The Kier molecular flexibility index (Phi) is 15.2. The van der Waals surface area contributed by atoms with Gasteiger partial charge in [-0.2, -0.15) is 0 Å². The van der Waals surface area contributed by atoms with Gasteiger partial charge in [-0.15, -0.1) is 0 Å². The summed E-state index contributed by atoms with van der Waals surface area (Å²) < 4.78 is 9.71. The SMILES string of the molecule is C1=COCC1.C1CCOC1.CC(C)(C)C.CC(C)C. The van der Waals surface area contributed by atoms with Gasteiger partial charge in [0.25, 0.3) is 0 Å². The third-order valence-corrected chi connectivity index (χ3v) is 1.42. The number of rotatable bonds is 0. The Bertz CT molecular complexity index is 164. The molecule has 0 aliphatic carbocycles. The molecule has 2 heterocycles. The van der Waals surface area contributed by atoms with Gasteiger partial charge in [-0.3, -0.25) is 0 Å². The molecule has 2 heteroatoms. The minimum absolute atomic E-state index is 0.500. The van der Waals surface area contributed by atoms with Crippen molar-refractivity contribution in [2.45, 2.75) is 67.7 Å². The molecule has 116 valence electrons. The fourth-order valence-corrected chi connectivity index (χ4v) is 0.851. The van der Waals surface area contributed by atoms with Gasteiger partial charge >= 0.3 is 0 Å². The van der Waals surface area contributed by atoms with Crippen LogP contribution < -0.4 is 0 Å². The van der Waals surface area contributed by atoms with Crippen LogP contribution in [-0.4, -0.2) is 19.8 Å². The summed E-state index contributed by atoms with van der Waals surface area (Å²) in [5, 5.41) is 0. The second kappa shape index (κ2) is 13.9. The number of ether oxygens (including phenoxy) is 2. The van der Waals surface area contributed by atoms with E-state index in [0.29, 0.717) is 5.41 Å². The van der Waals surface area contributed by atoms with Crippen molar-refractivity contribution in [2.75, 3.05) is 19.8 Å². The molecule has 0 aromatic heterocycles. The van der Waals surface area contributed by atoms with Crippen molar-refractivity contribution in [1.29, 1.82) is 0 Å². The fraction of sp³-hybridized carbons (Fsp3) is 0.882. The zero-order chi connectivity index (χ0) is 15.1. The first-order valence-corrected chi connectivity index (χ1v) is 7.58. The van der Waals surface area contributed by atoms with Crippen molar-refractivity contribution >= 4 is 0 Å². The third kappa shape index (κ3) is 46.6. The van der Waals surface area contributed by atoms with Gasteiger partial charge in [-0.25, -0.2) is 0 Å². The van der Waals surface area contributed by atoms with E-state index < -0.39 is 0 Å². The van der Waals surface area contributed by atoms with E-state index in [4.69, 9.17) is 9.47 Å². The minimum Gasteiger partial charge on any atom is -0.501 e. The highest BCUT2D eigenvalue weighted by Gasteiger charge is 1.95. The molecule has 0 spiro atoms. The normalized spacial score (nSPS) is 16.4. The lowest BCUT2D eigenvalue weighted by atomic mass is 10.0. The van der Waals surface area contributed by atoms with Gasteiger partial charge in [-0.05, 0) is 30.3 Å². The van der Waals surface area contributed by atoms with Gasteiger partial charge < -0.3 is 9.47 Å². The van der Waals surface area contributed by atoms with Crippen molar-refractivity contribution in [2.24, 2.45) is 11.3 Å². The van der Waals surface area contributed by atoms with Crippen molar-refractivity contribution in [1.82, 2.24) is 0 Å². The maximum absolute atomic E-state index is 4.94. The van der Waals surface area contributed by atoms with Gasteiger partial charge in [0.1, 0.15) is 0 Å². The Labute approximate surface area is 121 Å². The van der Waals surface area contributed by atoms with Crippen LogP contribution in [0.2, 0.25) is 0 Å². The van der Waals surface area contributed by atoms with Crippen molar-refractivity contribution in [3.63, 3.8) is 0 Å². The average molecular weight is 272 g/mol. The minimum atomic E-state index is 0.500. The van der Waals surface area contributed by atoms with Gasteiger partial charge in [0.15, 0.2) is 0 Å². The van der Waals surface area contributed by atoms with Gasteiger partial charge in [0, 0.05) is 19.6 Å². The third-order valence-electron chi connectivity index (χ3n) is 1.42. The van der Waals surface area contributed by atoms with E-state index in [1.54, 1.807) is 6.26 Å². The van der Waals surface area contributed by atoms with Crippen LogP contribution in [0.1, 0.15) is 67.7 Å². The molecule has 0 bridgehead atoms. The highest BCUT2D eigenvalue weighted by Crippen LogP contribution is 2.08. The van der Waals surface area contributed by atoms with Crippen LogP contribution in [0.25, 0.3) is 0 Å². The first-order chi connectivity index (χ1) is 8.73. The second-order valence-electron chi connectivity index (χ2n) is 7.08. The molecule has 0 aromatic carbocycles. The number of hydrogen-bond donors (Lipinski definition) is 0. The summed E-state index contributed by atoms with van der Waals surface area (Å²) in [4.78, 5) is 0. The van der Waals surface area contributed by atoms with Crippen molar-refractivity contribution in [3.8, 4) is 0 Å². The predicted octanol–water partition coefficient (Wildman–Crippen LogP) is 5.43. The van der Waals surface area contributed by atoms with Crippen molar-refractivity contribution in [3.05, 3.63) is 12.3 Å². The smallest absolute Gasteiger partial charge is 0.0908 e. The Balaban J connectivity index is 0. The lowest BCUT2D eigenvalue weighted by Gasteiger charge is -2.05. The van der Waals surface area contributed by atoms with E-state index >= 15 is 0 Å². The standard InChI is InChI=1S/C5H12.C4H8O.C4H6O.C4H10/c1-5(2,3)4;2*1-2-4-5-3-1;1-4(2)3/h1-4H3;1-4H2;1,3H,2,4H2;4H,1-3H3. The summed E-state index contributed by atoms with van der Waals surface area (Å²) in [6, 6.07) is 0. The van der Waals surface area contributed by atoms with E-state index in [1.807, 2.05) is 6.08 Å². The molecule has 0 aromatic rings. The van der Waals surface area contributed by atoms with Gasteiger partial charge in [-0.1, -0.05) is 48.5 Å². The summed E-state index contributed by atoms with van der Waals surface area (Å²) >= 11 is 0. The Morgan fingerprint density at radius 1 is 0.895 bits per heavy atom. The van der Waals surface area contributed by atoms with E-state index in [9.17, 15) is 0 Å². The Morgan fingerprint density at radius 3 is 1.42 bits per heavy atom. The number of hydrogen-bond acceptors (Lipinski definition) is 2. The predicted molar refractivity (Wildman–Crippen MR) is 85.4 cm³/mol. The van der Waals surface area contributed by atoms with Crippen LogP contribution in [0.3, 0.4) is 0 Å². The molecular weight excluding hydrogens is 236 g/mol. The zero-order valence-corrected chi connectivity index (χ0v) is 14.3. The van der Waals surface area contributed by atoms with Gasteiger partial charge in [0.05, 0.1) is 12.9 Å². The quantitative estimate of drug-likeness (QED) is 0.585. The molecule has 2 nitrogen and oxygen atoms in total. The second-order valence-corrected chi connectivity index (χ2v) is 7.08. The maximum atomic E-state index is 4.94. The molecule has 2 rings (SSSR count). The Morgan fingerprint density at radius 2 is 1.32 bits per heavy atom. The van der Waals surface area contributed by atoms with Crippen molar-refractivity contribution < 1.29 is 9.47 Å². The summed E-state index contributed by atoms with van der Waals surface area (Å²) in [7, 11) is 0. The molecule has 0 saturated carbocycles. The molecule has 0 unspecified atom stereocenters. The van der Waals surface area contributed by atoms with E-state index in [-0.39, 0.29) is 0 Å². The highest BCUT2D eigenvalue weighted by molar-refractivity contribution is 4.78. The molecule has 2 aliphatic heterocycles. The highest BCUT2D eigenvalue weighted by atomic mass is 16.5. The van der Waals surface area contributed by atoms with E-state index in [1.165, 1.54) is 12.8 Å². The molecule has 0 radical (unpaired) electrons. The van der Waals surface area contributed by atoms with Crippen LogP contribution >= 0.6 is 0 Å². The van der Waals surface area contributed by atoms with Crippen LogP contribution in [0.5, 0.6) is 0 Å². The molecule has 1 fully saturated rings. The summed E-state index contributed by atoms with van der Waals surface area (Å²) in [6.07, 6.45) is 7.40. The zero-order valence-electron chi connectivity index (χ0n) is 14.3. The lowest BCUT2D eigenvalue weighted by Crippen LogP contribution is -1.93. The van der Waals surface area contributed by atoms with E-state index in [2.05, 4.69) is 48.5 Å². The summed E-state index contributed by atoms with van der Waals surface area (Å²) in [5.74, 6) is 0.833. The molecule has 0 atom stereocenters. The largest absolute Gasteiger partial charge is 0.501 e. The fourth-order valence-electron chi connectivity index (χ4n) is 0.851. The van der Waals surface area contributed by atoms with Crippen LogP contribution in [0.4, 0.5) is 0 Å². The topological polar surface area (TPSA) is 18.5 Å². The lowest BCUT2D eigenvalue weighted by molar-refractivity contribution is 0.198.